The Morgan fingerprint density at radius 2 is 2.10 bits per heavy atom. The van der Waals surface area contributed by atoms with Crippen molar-refractivity contribution >= 4 is 11.8 Å². The highest BCUT2D eigenvalue weighted by atomic mass is 16.5. The maximum atomic E-state index is 12.6. The first-order chi connectivity index (χ1) is 14.2. The van der Waals surface area contributed by atoms with Crippen LogP contribution in [-0.4, -0.2) is 42.1 Å². The number of amides is 2. The van der Waals surface area contributed by atoms with Gasteiger partial charge in [-0.05, 0) is 55.3 Å². The van der Waals surface area contributed by atoms with Crippen molar-refractivity contribution in [3.63, 3.8) is 0 Å². The summed E-state index contributed by atoms with van der Waals surface area (Å²) in [6.45, 7) is 11.6. The molecular formula is C23H35N3O4. The summed E-state index contributed by atoms with van der Waals surface area (Å²) in [6.07, 6.45) is 5.47. The van der Waals surface area contributed by atoms with Gasteiger partial charge in [-0.1, -0.05) is 27.7 Å². The van der Waals surface area contributed by atoms with Gasteiger partial charge < -0.3 is 19.8 Å². The van der Waals surface area contributed by atoms with Crippen molar-refractivity contribution in [2.75, 3.05) is 13.2 Å². The molecule has 0 radical (unpaired) electrons. The first-order valence-corrected chi connectivity index (χ1v) is 11.3. The lowest BCUT2D eigenvalue weighted by atomic mass is 9.59. The maximum absolute atomic E-state index is 12.6. The highest BCUT2D eigenvalue weighted by Crippen LogP contribution is 2.68. The number of hydrogen-bond donors (Lipinski definition) is 2. The third-order valence-corrected chi connectivity index (χ3v) is 8.10. The molecule has 7 nitrogen and oxygen atoms in total. The normalized spacial score (nSPS) is 34.1. The molecule has 2 saturated carbocycles. The van der Waals surface area contributed by atoms with Crippen LogP contribution in [0.4, 0.5) is 0 Å². The minimum atomic E-state index is -0.230. The zero-order chi connectivity index (χ0) is 21.7. The molecule has 166 valence electrons. The summed E-state index contributed by atoms with van der Waals surface area (Å²) < 4.78 is 11.4. The molecule has 2 heterocycles. The van der Waals surface area contributed by atoms with Gasteiger partial charge in [-0.3, -0.25) is 9.59 Å². The van der Waals surface area contributed by atoms with Crippen LogP contribution in [-0.2, 0) is 9.53 Å². The molecule has 2 bridgehead atoms. The number of carbonyl (C=O) groups excluding carboxylic acids is 2. The average Bonchev–Trinajstić information content (AvgIpc) is 3.34. The van der Waals surface area contributed by atoms with Gasteiger partial charge >= 0.3 is 0 Å². The fourth-order valence-electron chi connectivity index (χ4n) is 6.43. The number of rotatable bonds is 6. The molecule has 2 amide bonds. The van der Waals surface area contributed by atoms with E-state index in [1.54, 1.807) is 6.92 Å². The van der Waals surface area contributed by atoms with E-state index in [2.05, 4.69) is 29.5 Å². The SMILES string of the molecule is Cc1ncoc1C(=O)NCC[C@H]1OCCC23C[C@@H](C[C@H]12)C(C)(C)[C@@H]3NC(=O)C(C)C. The molecule has 1 aromatic heterocycles. The zero-order valence-corrected chi connectivity index (χ0v) is 18.8. The number of carbonyl (C=O) groups is 2. The molecule has 1 spiro atoms. The van der Waals surface area contributed by atoms with Gasteiger partial charge in [0.15, 0.2) is 6.39 Å². The van der Waals surface area contributed by atoms with Crippen molar-refractivity contribution in [3.05, 3.63) is 17.8 Å². The van der Waals surface area contributed by atoms with Crippen LogP contribution in [0.15, 0.2) is 10.8 Å². The number of fused-ring (bicyclic) bond motifs is 1. The quantitative estimate of drug-likeness (QED) is 0.742. The number of aryl methyl sites for hydroxylation is 1. The summed E-state index contributed by atoms with van der Waals surface area (Å²) >= 11 is 0. The van der Waals surface area contributed by atoms with Crippen LogP contribution >= 0.6 is 0 Å². The molecule has 0 aromatic carbocycles. The largest absolute Gasteiger partial charge is 0.438 e. The van der Waals surface area contributed by atoms with Crippen molar-refractivity contribution in [2.45, 2.75) is 72.4 Å². The fourth-order valence-corrected chi connectivity index (χ4v) is 6.43. The van der Waals surface area contributed by atoms with Gasteiger partial charge in [-0.15, -0.1) is 0 Å². The molecule has 5 atom stereocenters. The van der Waals surface area contributed by atoms with Gasteiger partial charge in [-0.25, -0.2) is 4.98 Å². The van der Waals surface area contributed by atoms with E-state index in [-0.39, 0.29) is 46.5 Å². The molecule has 1 unspecified atom stereocenters. The number of oxazole rings is 1. The van der Waals surface area contributed by atoms with Crippen molar-refractivity contribution in [1.82, 2.24) is 15.6 Å². The molecule has 1 saturated heterocycles. The van der Waals surface area contributed by atoms with E-state index in [1.807, 2.05) is 13.8 Å². The Bertz CT molecular complexity index is 817. The van der Waals surface area contributed by atoms with Crippen LogP contribution in [0.1, 0.15) is 69.6 Å². The Kier molecular flexibility index (Phi) is 5.45. The number of nitrogens with zero attached hydrogens (tertiary/aromatic N) is 1. The lowest BCUT2D eigenvalue weighted by molar-refractivity contribution is -0.138. The molecule has 3 fully saturated rings. The highest BCUT2D eigenvalue weighted by Gasteiger charge is 2.68. The first-order valence-electron chi connectivity index (χ1n) is 11.3. The van der Waals surface area contributed by atoms with Gasteiger partial charge in [0.2, 0.25) is 11.7 Å². The summed E-state index contributed by atoms with van der Waals surface area (Å²) in [5.74, 6) is 1.19. The summed E-state index contributed by atoms with van der Waals surface area (Å²) in [7, 11) is 0. The smallest absolute Gasteiger partial charge is 0.288 e. The first kappa shape index (κ1) is 21.3. The van der Waals surface area contributed by atoms with E-state index in [4.69, 9.17) is 9.15 Å². The van der Waals surface area contributed by atoms with Crippen LogP contribution in [0.3, 0.4) is 0 Å². The number of nitrogens with one attached hydrogen (secondary N) is 2. The molecule has 2 N–H and O–H groups in total. The Morgan fingerprint density at radius 1 is 1.33 bits per heavy atom. The molecule has 3 aliphatic rings. The molecule has 1 aliphatic heterocycles. The minimum absolute atomic E-state index is 0.0137. The van der Waals surface area contributed by atoms with Crippen LogP contribution in [0, 0.1) is 35.5 Å². The van der Waals surface area contributed by atoms with E-state index in [9.17, 15) is 9.59 Å². The summed E-state index contributed by atoms with van der Waals surface area (Å²) in [5, 5.41) is 6.37. The Morgan fingerprint density at radius 3 is 2.77 bits per heavy atom. The van der Waals surface area contributed by atoms with E-state index >= 15 is 0 Å². The second kappa shape index (κ2) is 7.66. The predicted octanol–water partition coefficient (Wildman–Crippen LogP) is 3.09. The van der Waals surface area contributed by atoms with Crippen LogP contribution in [0.5, 0.6) is 0 Å². The number of hydrogen-bond acceptors (Lipinski definition) is 5. The molecule has 4 rings (SSSR count). The lowest BCUT2D eigenvalue weighted by Crippen LogP contribution is -2.60. The summed E-state index contributed by atoms with van der Waals surface area (Å²) in [5.41, 5.74) is 0.799. The predicted molar refractivity (Wildman–Crippen MR) is 112 cm³/mol. The fraction of sp³-hybridized carbons (Fsp3) is 0.783. The van der Waals surface area contributed by atoms with Gasteiger partial charge in [0, 0.05) is 25.1 Å². The van der Waals surface area contributed by atoms with Gasteiger partial charge in [0.05, 0.1) is 11.8 Å². The van der Waals surface area contributed by atoms with Crippen molar-refractivity contribution < 1.29 is 18.7 Å². The Balaban J connectivity index is 1.44. The molecule has 1 aromatic rings. The molecule has 7 heteroatoms. The van der Waals surface area contributed by atoms with E-state index < -0.39 is 0 Å². The van der Waals surface area contributed by atoms with Gasteiger partial charge in [0.1, 0.15) is 0 Å². The molecular weight excluding hydrogens is 382 g/mol. The monoisotopic (exact) mass is 417 g/mol. The highest BCUT2D eigenvalue weighted by molar-refractivity contribution is 5.92. The third kappa shape index (κ3) is 3.35. The molecule has 2 aliphatic carbocycles. The van der Waals surface area contributed by atoms with Crippen molar-refractivity contribution in [1.29, 1.82) is 0 Å². The maximum Gasteiger partial charge on any atom is 0.288 e. The number of ether oxygens (including phenoxy) is 1. The molecule has 30 heavy (non-hydrogen) atoms. The van der Waals surface area contributed by atoms with Gasteiger partial charge in [0.25, 0.3) is 5.91 Å². The summed E-state index contributed by atoms with van der Waals surface area (Å²) in [4.78, 5) is 28.9. The van der Waals surface area contributed by atoms with E-state index in [0.717, 1.165) is 25.7 Å². The van der Waals surface area contributed by atoms with E-state index in [1.165, 1.54) is 6.39 Å². The standard InChI is InChI=1S/C23H35N3O4/c1-13(2)19(27)26-21-22(4,5)15-10-16-17(29-9-7-23(16,21)11-15)6-8-24-20(28)18-14(3)25-12-30-18/h12-13,15-17,21H,6-11H2,1-5H3,(H,24,28)(H,26,27)/t15-,16-,17-,21+,23?/m1/s1. The third-order valence-electron chi connectivity index (χ3n) is 8.10. The topological polar surface area (TPSA) is 93.5 Å². The van der Waals surface area contributed by atoms with Gasteiger partial charge in [-0.2, -0.15) is 0 Å². The van der Waals surface area contributed by atoms with Crippen LogP contribution < -0.4 is 10.6 Å². The van der Waals surface area contributed by atoms with Crippen LogP contribution in [0.25, 0.3) is 0 Å². The van der Waals surface area contributed by atoms with E-state index in [0.29, 0.717) is 30.7 Å². The van der Waals surface area contributed by atoms with Crippen molar-refractivity contribution in [3.8, 4) is 0 Å². The second-order valence-corrected chi connectivity index (χ2v) is 10.4. The zero-order valence-electron chi connectivity index (χ0n) is 18.8. The van der Waals surface area contributed by atoms with Crippen LogP contribution in [0.2, 0.25) is 0 Å². The number of aromatic nitrogens is 1. The summed E-state index contributed by atoms with van der Waals surface area (Å²) in [6, 6.07) is 0.182. The van der Waals surface area contributed by atoms with Crippen molar-refractivity contribution in [2.24, 2.45) is 28.6 Å². The Labute approximate surface area is 178 Å². The minimum Gasteiger partial charge on any atom is -0.438 e. The lowest BCUT2D eigenvalue weighted by Gasteiger charge is -2.53. The average molecular weight is 418 g/mol. The Hall–Kier alpha value is -1.89. The second-order valence-electron chi connectivity index (χ2n) is 10.4.